The quantitative estimate of drug-likeness (QED) is 0.869. The number of aryl methyl sites for hydroxylation is 1. The topological polar surface area (TPSA) is 61.0 Å². The average molecular weight is 235 g/mol. The first-order valence-corrected chi connectivity index (χ1v) is 6.37. The van der Waals surface area contributed by atoms with Crippen molar-refractivity contribution >= 4 is 5.82 Å². The summed E-state index contributed by atoms with van der Waals surface area (Å²) in [4.78, 5) is 9.15. The summed E-state index contributed by atoms with van der Waals surface area (Å²) < 4.78 is 5.66. The molecule has 2 N–H and O–H groups in total. The highest BCUT2D eigenvalue weighted by Crippen LogP contribution is 2.33. The maximum absolute atomic E-state index is 6.03. The van der Waals surface area contributed by atoms with Gasteiger partial charge in [0.15, 0.2) is 5.82 Å². The van der Waals surface area contributed by atoms with Crippen molar-refractivity contribution in [1.29, 1.82) is 0 Å². The average Bonchev–Trinajstić information content (AvgIpc) is 2.81. The number of anilines is 1. The fourth-order valence-corrected chi connectivity index (χ4v) is 2.61. The van der Waals surface area contributed by atoms with E-state index in [4.69, 9.17) is 10.5 Å². The van der Waals surface area contributed by atoms with E-state index in [0.29, 0.717) is 5.82 Å². The van der Waals surface area contributed by atoms with Crippen molar-refractivity contribution in [2.45, 2.75) is 51.6 Å². The smallest absolute Gasteiger partial charge is 0.162 e. The Bertz CT molecular complexity index is 405. The van der Waals surface area contributed by atoms with E-state index in [1.165, 1.54) is 0 Å². The maximum Gasteiger partial charge on any atom is 0.162 e. The molecule has 0 atom stereocenters. The van der Waals surface area contributed by atoms with Crippen molar-refractivity contribution in [1.82, 2.24) is 9.97 Å². The molecular formula is C13H21N3O. The number of fused-ring (bicyclic) bond motifs is 1. The zero-order valence-electron chi connectivity index (χ0n) is 10.9. The summed E-state index contributed by atoms with van der Waals surface area (Å²) in [6.45, 7) is 4.19. The molecule has 0 bridgehead atoms. The van der Waals surface area contributed by atoms with E-state index < -0.39 is 0 Å². The standard InChI is InChI=1S/C13H21N3O/c1-4-13(5-2,17-3)12-15-10-8-6-7-9(10)11(14)16-12/h4-8H2,1-3H3,(H2,14,15,16). The van der Waals surface area contributed by atoms with Gasteiger partial charge in [-0.1, -0.05) is 13.8 Å². The van der Waals surface area contributed by atoms with Gasteiger partial charge in [0.05, 0.1) is 0 Å². The number of nitrogen functional groups attached to an aromatic ring is 1. The summed E-state index contributed by atoms with van der Waals surface area (Å²) in [6.07, 6.45) is 4.88. The molecule has 0 aliphatic heterocycles. The van der Waals surface area contributed by atoms with Gasteiger partial charge in [-0.2, -0.15) is 0 Å². The molecule has 0 fully saturated rings. The Kier molecular flexibility index (Phi) is 3.33. The summed E-state index contributed by atoms with van der Waals surface area (Å²) in [5.41, 5.74) is 7.91. The Hall–Kier alpha value is -1.16. The first kappa shape index (κ1) is 12.3. The van der Waals surface area contributed by atoms with Gasteiger partial charge in [0, 0.05) is 18.4 Å². The van der Waals surface area contributed by atoms with Crippen molar-refractivity contribution in [3.8, 4) is 0 Å². The number of nitrogens with two attached hydrogens (primary N) is 1. The molecule has 2 rings (SSSR count). The fourth-order valence-electron chi connectivity index (χ4n) is 2.61. The number of hydrogen-bond acceptors (Lipinski definition) is 4. The summed E-state index contributed by atoms with van der Waals surface area (Å²) in [6, 6.07) is 0. The predicted molar refractivity (Wildman–Crippen MR) is 67.7 cm³/mol. The number of methoxy groups -OCH3 is 1. The summed E-state index contributed by atoms with van der Waals surface area (Å²) in [5, 5.41) is 0. The van der Waals surface area contributed by atoms with Crippen LogP contribution in [0.1, 0.15) is 50.2 Å². The lowest BCUT2D eigenvalue weighted by Gasteiger charge is -2.29. The van der Waals surface area contributed by atoms with Gasteiger partial charge in [-0.25, -0.2) is 9.97 Å². The lowest BCUT2D eigenvalue weighted by atomic mass is 9.95. The third-order valence-electron chi connectivity index (χ3n) is 3.91. The van der Waals surface area contributed by atoms with Gasteiger partial charge >= 0.3 is 0 Å². The van der Waals surface area contributed by atoms with E-state index in [0.717, 1.165) is 49.2 Å². The Morgan fingerprint density at radius 1 is 1.24 bits per heavy atom. The third kappa shape index (κ3) is 1.90. The lowest BCUT2D eigenvalue weighted by molar-refractivity contribution is -0.0291. The van der Waals surface area contributed by atoms with Crippen molar-refractivity contribution < 1.29 is 4.74 Å². The molecular weight excluding hydrogens is 214 g/mol. The van der Waals surface area contributed by atoms with E-state index >= 15 is 0 Å². The molecule has 1 heterocycles. The van der Waals surface area contributed by atoms with Crippen LogP contribution in [0.3, 0.4) is 0 Å². The SMILES string of the molecule is CCC(CC)(OC)c1nc(N)c2c(n1)CCC2. The molecule has 0 spiro atoms. The Labute approximate surface area is 103 Å². The first-order chi connectivity index (χ1) is 8.16. The molecule has 0 saturated carbocycles. The number of hydrogen-bond donors (Lipinski definition) is 1. The lowest BCUT2D eigenvalue weighted by Crippen LogP contribution is -2.30. The maximum atomic E-state index is 6.03. The molecule has 0 radical (unpaired) electrons. The highest BCUT2D eigenvalue weighted by molar-refractivity contribution is 5.45. The van der Waals surface area contributed by atoms with Gasteiger partial charge in [-0.3, -0.25) is 0 Å². The van der Waals surface area contributed by atoms with Crippen LogP contribution in [0.5, 0.6) is 0 Å². The molecule has 4 heteroatoms. The molecule has 1 aliphatic carbocycles. The van der Waals surface area contributed by atoms with E-state index in [1.807, 2.05) is 0 Å². The van der Waals surface area contributed by atoms with Crippen LogP contribution in [0.25, 0.3) is 0 Å². The minimum Gasteiger partial charge on any atom is -0.383 e. The Morgan fingerprint density at radius 2 is 1.94 bits per heavy atom. The molecule has 0 unspecified atom stereocenters. The largest absolute Gasteiger partial charge is 0.383 e. The molecule has 1 aliphatic rings. The third-order valence-corrected chi connectivity index (χ3v) is 3.91. The van der Waals surface area contributed by atoms with Gasteiger partial charge in [0.1, 0.15) is 11.4 Å². The summed E-state index contributed by atoms with van der Waals surface area (Å²) >= 11 is 0. The van der Waals surface area contributed by atoms with E-state index in [-0.39, 0.29) is 5.60 Å². The van der Waals surface area contributed by atoms with Crippen LogP contribution in [-0.4, -0.2) is 17.1 Å². The van der Waals surface area contributed by atoms with Crippen LogP contribution >= 0.6 is 0 Å². The molecule has 0 aromatic carbocycles. The van der Waals surface area contributed by atoms with Crippen LogP contribution in [0.15, 0.2) is 0 Å². The zero-order chi connectivity index (χ0) is 12.5. The van der Waals surface area contributed by atoms with Gasteiger partial charge in [0.2, 0.25) is 0 Å². The zero-order valence-corrected chi connectivity index (χ0v) is 10.9. The van der Waals surface area contributed by atoms with Crippen molar-refractivity contribution in [3.05, 3.63) is 17.1 Å². The predicted octanol–water partition coefficient (Wildman–Crippen LogP) is 2.21. The monoisotopic (exact) mass is 235 g/mol. The minimum atomic E-state index is -0.383. The number of ether oxygens (including phenoxy) is 1. The molecule has 0 amide bonds. The van der Waals surface area contributed by atoms with Crippen molar-refractivity contribution in [3.63, 3.8) is 0 Å². The fraction of sp³-hybridized carbons (Fsp3) is 0.692. The van der Waals surface area contributed by atoms with Gasteiger partial charge in [0.25, 0.3) is 0 Å². The Morgan fingerprint density at radius 3 is 2.53 bits per heavy atom. The molecule has 17 heavy (non-hydrogen) atoms. The molecule has 94 valence electrons. The molecule has 4 nitrogen and oxygen atoms in total. The summed E-state index contributed by atoms with van der Waals surface area (Å²) in [5.74, 6) is 1.40. The number of aromatic nitrogens is 2. The van der Waals surface area contributed by atoms with Crippen molar-refractivity contribution in [2.24, 2.45) is 0 Å². The molecule has 0 saturated heterocycles. The number of nitrogens with zero attached hydrogens (tertiary/aromatic N) is 2. The first-order valence-electron chi connectivity index (χ1n) is 6.37. The Balaban J connectivity index is 2.49. The van der Waals surface area contributed by atoms with E-state index in [2.05, 4.69) is 23.8 Å². The summed E-state index contributed by atoms with van der Waals surface area (Å²) in [7, 11) is 1.72. The van der Waals surface area contributed by atoms with Crippen LogP contribution in [0.4, 0.5) is 5.82 Å². The molecule has 1 aromatic heterocycles. The molecule has 1 aromatic rings. The second-order valence-corrected chi connectivity index (χ2v) is 4.62. The minimum absolute atomic E-state index is 0.383. The van der Waals surface area contributed by atoms with Gasteiger partial charge in [-0.05, 0) is 32.1 Å². The normalized spacial score (nSPS) is 15.0. The van der Waals surface area contributed by atoms with Crippen LogP contribution in [0.2, 0.25) is 0 Å². The second-order valence-electron chi connectivity index (χ2n) is 4.62. The van der Waals surface area contributed by atoms with Crippen LogP contribution < -0.4 is 5.73 Å². The van der Waals surface area contributed by atoms with Gasteiger partial charge in [-0.15, -0.1) is 0 Å². The van der Waals surface area contributed by atoms with E-state index in [9.17, 15) is 0 Å². The highest BCUT2D eigenvalue weighted by atomic mass is 16.5. The van der Waals surface area contributed by atoms with E-state index in [1.54, 1.807) is 7.11 Å². The van der Waals surface area contributed by atoms with Crippen molar-refractivity contribution in [2.75, 3.05) is 12.8 Å². The number of rotatable bonds is 4. The second kappa shape index (κ2) is 4.61. The van der Waals surface area contributed by atoms with Crippen LogP contribution in [0, 0.1) is 0 Å². The highest BCUT2D eigenvalue weighted by Gasteiger charge is 2.33. The van der Waals surface area contributed by atoms with Gasteiger partial charge < -0.3 is 10.5 Å². The van der Waals surface area contributed by atoms with Crippen LogP contribution in [-0.2, 0) is 23.2 Å².